The molecule has 1 aliphatic rings. The number of hydrogen-bond acceptors (Lipinski definition) is 4. The first-order chi connectivity index (χ1) is 16.9. The SMILES string of the molecule is CC(C)[C@@H](CC(=O)O)NC(=O)CCCCCCNC(=O)OCC1c2ccccc2-c2ccccc21. The Hall–Kier alpha value is -3.35. The first-order valence-electron chi connectivity index (χ1n) is 12.5. The molecule has 188 valence electrons. The minimum Gasteiger partial charge on any atom is -0.481 e. The maximum atomic E-state index is 12.2. The van der Waals surface area contributed by atoms with Crippen LogP contribution in [0.4, 0.5) is 4.79 Å². The number of nitrogens with one attached hydrogen (secondary N) is 2. The minimum absolute atomic E-state index is 0.0464. The molecule has 7 nitrogen and oxygen atoms in total. The highest BCUT2D eigenvalue weighted by atomic mass is 16.5. The van der Waals surface area contributed by atoms with Gasteiger partial charge in [-0.05, 0) is 41.0 Å². The molecule has 7 heteroatoms. The van der Waals surface area contributed by atoms with Crippen LogP contribution in [0.2, 0.25) is 0 Å². The minimum atomic E-state index is -0.909. The number of aliphatic carboxylic acids is 1. The molecule has 0 saturated carbocycles. The van der Waals surface area contributed by atoms with Crippen LogP contribution < -0.4 is 10.6 Å². The molecule has 0 heterocycles. The van der Waals surface area contributed by atoms with E-state index in [1.807, 2.05) is 38.1 Å². The number of ether oxygens (including phenoxy) is 1. The summed E-state index contributed by atoms with van der Waals surface area (Å²) in [5.74, 6) is -0.904. The molecule has 0 bridgehead atoms. The normalized spacial score (nSPS) is 13.1. The van der Waals surface area contributed by atoms with E-state index in [1.54, 1.807) is 0 Å². The lowest BCUT2D eigenvalue weighted by atomic mass is 9.98. The smallest absolute Gasteiger partial charge is 0.407 e. The molecular formula is C28H36N2O5. The van der Waals surface area contributed by atoms with Crippen molar-refractivity contribution in [3.05, 3.63) is 59.7 Å². The van der Waals surface area contributed by atoms with Gasteiger partial charge in [-0.15, -0.1) is 0 Å². The summed E-state index contributed by atoms with van der Waals surface area (Å²) in [6.45, 7) is 4.63. The number of rotatable bonds is 13. The number of fused-ring (bicyclic) bond motifs is 3. The van der Waals surface area contributed by atoms with E-state index >= 15 is 0 Å². The lowest BCUT2D eigenvalue weighted by Crippen LogP contribution is -2.39. The highest BCUT2D eigenvalue weighted by Crippen LogP contribution is 2.44. The van der Waals surface area contributed by atoms with Crippen molar-refractivity contribution >= 4 is 18.0 Å². The van der Waals surface area contributed by atoms with Crippen LogP contribution in [0.15, 0.2) is 48.5 Å². The predicted molar refractivity (Wildman–Crippen MR) is 135 cm³/mol. The van der Waals surface area contributed by atoms with E-state index in [9.17, 15) is 14.4 Å². The van der Waals surface area contributed by atoms with Crippen LogP contribution in [-0.4, -0.2) is 42.3 Å². The van der Waals surface area contributed by atoms with E-state index in [0.717, 1.165) is 25.7 Å². The third-order valence-electron chi connectivity index (χ3n) is 6.49. The van der Waals surface area contributed by atoms with Crippen molar-refractivity contribution in [2.24, 2.45) is 5.92 Å². The fourth-order valence-corrected chi connectivity index (χ4v) is 4.52. The van der Waals surface area contributed by atoms with Gasteiger partial charge in [0.2, 0.25) is 5.91 Å². The van der Waals surface area contributed by atoms with Gasteiger partial charge in [0, 0.05) is 24.9 Å². The summed E-state index contributed by atoms with van der Waals surface area (Å²) in [7, 11) is 0. The number of carboxylic acids is 1. The maximum Gasteiger partial charge on any atom is 0.407 e. The number of amides is 2. The van der Waals surface area contributed by atoms with Gasteiger partial charge in [0.15, 0.2) is 0 Å². The molecule has 2 aromatic carbocycles. The molecule has 0 spiro atoms. The van der Waals surface area contributed by atoms with Gasteiger partial charge in [0.25, 0.3) is 0 Å². The zero-order valence-electron chi connectivity index (χ0n) is 20.6. The molecule has 2 aromatic rings. The van der Waals surface area contributed by atoms with Crippen molar-refractivity contribution in [3.63, 3.8) is 0 Å². The molecule has 0 radical (unpaired) electrons. The summed E-state index contributed by atoms with van der Waals surface area (Å²) in [5, 5.41) is 14.6. The Morgan fingerprint density at radius 1 is 0.914 bits per heavy atom. The summed E-state index contributed by atoms with van der Waals surface area (Å²) in [5.41, 5.74) is 4.78. The lowest BCUT2D eigenvalue weighted by Gasteiger charge is -2.20. The van der Waals surface area contributed by atoms with Gasteiger partial charge in [0.1, 0.15) is 6.61 Å². The average Bonchev–Trinajstić information content (AvgIpc) is 3.15. The molecule has 3 rings (SSSR count). The van der Waals surface area contributed by atoms with Gasteiger partial charge in [-0.25, -0.2) is 4.79 Å². The third kappa shape index (κ3) is 7.57. The number of carbonyl (C=O) groups is 3. The summed E-state index contributed by atoms with van der Waals surface area (Å²) in [6, 6.07) is 16.1. The van der Waals surface area contributed by atoms with Crippen LogP contribution in [0.3, 0.4) is 0 Å². The van der Waals surface area contributed by atoms with E-state index < -0.39 is 12.1 Å². The second-order valence-electron chi connectivity index (χ2n) is 9.43. The number of benzene rings is 2. The fraction of sp³-hybridized carbons (Fsp3) is 0.464. The summed E-state index contributed by atoms with van der Waals surface area (Å²) in [6.07, 6.45) is 3.19. The summed E-state index contributed by atoms with van der Waals surface area (Å²) >= 11 is 0. The topological polar surface area (TPSA) is 105 Å². The zero-order valence-corrected chi connectivity index (χ0v) is 20.6. The Kier molecular flexibility index (Phi) is 9.70. The number of unbranched alkanes of at least 4 members (excludes halogenated alkanes) is 3. The van der Waals surface area contributed by atoms with Crippen molar-refractivity contribution in [3.8, 4) is 11.1 Å². The second kappa shape index (κ2) is 12.9. The number of alkyl carbamates (subject to hydrolysis) is 1. The van der Waals surface area contributed by atoms with Crippen molar-refractivity contribution in [2.45, 2.75) is 64.3 Å². The van der Waals surface area contributed by atoms with Crippen molar-refractivity contribution < 1.29 is 24.2 Å². The number of carboxylic acid groups (broad SMARTS) is 1. The van der Waals surface area contributed by atoms with Gasteiger partial charge in [-0.2, -0.15) is 0 Å². The van der Waals surface area contributed by atoms with Crippen LogP contribution >= 0.6 is 0 Å². The first kappa shape index (κ1) is 26.3. The Bertz CT molecular complexity index is 974. The fourth-order valence-electron chi connectivity index (χ4n) is 4.52. The Balaban J connectivity index is 1.29. The standard InChI is InChI=1S/C28H36N2O5/c1-19(2)25(17-27(32)33)30-26(31)15-5-3-4-10-16-29-28(34)35-18-24-22-13-8-6-11-20(22)21-12-7-9-14-23(21)24/h6-9,11-14,19,24-25H,3-5,10,15-18H2,1-2H3,(H,29,34)(H,30,31)(H,32,33)/t25-/m1/s1. The highest BCUT2D eigenvalue weighted by molar-refractivity contribution is 5.79. The van der Waals surface area contributed by atoms with Crippen LogP contribution in [0.5, 0.6) is 0 Å². The molecule has 3 N–H and O–H groups in total. The predicted octanol–water partition coefficient (Wildman–Crippen LogP) is 5.09. The van der Waals surface area contributed by atoms with Crippen molar-refractivity contribution in [1.82, 2.24) is 10.6 Å². The summed E-state index contributed by atoms with van der Waals surface area (Å²) < 4.78 is 5.54. The number of hydrogen-bond donors (Lipinski definition) is 3. The van der Waals surface area contributed by atoms with Gasteiger partial charge in [-0.3, -0.25) is 9.59 Å². The van der Waals surface area contributed by atoms with Crippen molar-refractivity contribution in [1.29, 1.82) is 0 Å². The lowest BCUT2D eigenvalue weighted by molar-refractivity contribution is -0.138. The Morgan fingerprint density at radius 2 is 1.51 bits per heavy atom. The van der Waals surface area contributed by atoms with E-state index in [1.165, 1.54) is 22.3 Å². The second-order valence-corrected chi connectivity index (χ2v) is 9.43. The average molecular weight is 481 g/mol. The van der Waals surface area contributed by atoms with Crippen LogP contribution in [0.1, 0.15) is 69.4 Å². The van der Waals surface area contributed by atoms with Gasteiger partial charge < -0.3 is 20.5 Å². The molecule has 0 unspecified atom stereocenters. The van der Waals surface area contributed by atoms with Crippen molar-refractivity contribution in [2.75, 3.05) is 13.2 Å². The molecule has 1 aliphatic carbocycles. The largest absolute Gasteiger partial charge is 0.481 e. The van der Waals surface area contributed by atoms with E-state index in [0.29, 0.717) is 19.6 Å². The monoisotopic (exact) mass is 480 g/mol. The molecule has 2 amide bonds. The van der Waals surface area contributed by atoms with Gasteiger partial charge >= 0.3 is 12.1 Å². The molecule has 0 aromatic heterocycles. The molecule has 0 saturated heterocycles. The Labute approximate surface area is 207 Å². The summed E-state index contributed by atoms with van der Waals surface area (Å²) in [4.78, 5) is 35.2. The molecule has 0 aliphatic heterocycles. The molecular weight excluding hydrogens is 444 g/mol. The van der Waals surface area contributed by atoms with E-state index in [2.05, 4.69) is 34.9 Å². The van der Waals surface area contributed by atoms with Gasteiger partial charge in [0.05, 0.1) is 6.42 Å². The van der Waals surface area contributed by atoms with E-state index in [-0.39, 0.29) is 30.2 Å². The highest BCUT2D eigenvalue weighted by Gasteiger charge is 2.28. The first-order valence-corrected chi connectivity index (χ1v) is 12.5. The van der Waals surface area contributed by atoms with Crippen LogP contribution in [0, 0.1) is 5.92 Å². The molecule has 1 atom stereocenters. The Morgan fingerprint density at radius 3 is 2.11 bits per heavy atom. The van der Waals surface area contributed by atoms with Crippen LogP contribution in [0.25, 0.3) is 11.1 Å². The zero-order chi connectivity index (χ0) is 25.2. The van der Waals surface area contributed by atoms with Crippen LogP contribution in [-0.2, 0) is 14.3 Å². The quantitative estimate of drug-likeness (QED) is 0.346. The molecule has 35 heavy (non-hydrogen) atoms. The number of carbonyl (C=O) groups excluding carboxylic acids is 2. The third-order valence-corrected chi connectivity index (χ3v) is 6.49. The molecule has 0 fully saturated rings. The van der Waals surface area contributed by atoms with E-state index in [4.69, 9.17) is 9.84 Å². The van der Waals surface area contributed by atoms with Gasteiger partial charge in [-0.1, -0.05) is 75.2 Å². The maximum absolute atomic E-state index is 12.2.